The Hall–Kier alpha value is -0.120. The van der Waals surface area contributed by atoms with Gasteiger partial charge in [-0.1, -0.05) is 20.8 Å². The first-order valence-corrected chi connectivity index (χ1v) is 5.39. The Balaban J connectivity index is 3.84. The largest absolute Gasteiger partial charge is 0.376 e. The van der Waals surface area contributed by atoms with Gasteiger partial charge in [0.25, 0.3) is 0 Å². The molecule has 14 heavy (non-hydrogen) atoms. The first-order valence-electron chi connectivity index (χ1n) is 5.39. The molecule has 0 amide bonds. The topological polar surface area (TPSA) is 38.5 Å². The molecule has 0 radical (unpaired) electrons. The summed E-state index contributed by atoms with van der Waals surface area (Å²) >= 11 is 0. The Bertz CT molecular complexity index is 143. The number of nitrogens with zero attached hydrogens (tertiary/aromatic N) is 1. The SMILES string of the molecule is CCOC(CN)CN(C)CC(C)(C)C. The Morgan fingerprint density at radius 1 is 1.36 bits per heavy atom. The van der Waals surface area contributed by atoms with Crippen molar-refractivity contribution in [3.8, 4) is 0 Å². The zero-order valence-corrected chi connectivity index (χ0v) is 10.3. The van der Waals surface area contributed by atoms with E-state index in [4.69, 9.17) is 10.5 Å². The van der Waals surface area contributed by atoms with E-state index in [1.807, 2.05) is 6.92 Å². The molecule has 1 unspecified atom stereocenters. The summed E-state index contributed by atoms with van der Waals surface area (Å²) in [5, 5.41) is 0. The van der Waals surface area contributed by atoms with E-state index in [2.05, 4.69) is 32.7 Å². The molecule has 0 bridgehead atoms. The van der Waals surface area contributed by atoms with Crippen LogP contribution in [0.5, 0.6) is 0 Å². The molecule has 0 aromatic heterocycles. The molecule has 0 saturated heterocycles. The molecular formula is C11H26N2O. The lowest BCUT2D eigenvalue weighted by Gasteiger charge is -2.29. The van der Waals surface area contributed by atoms with Crippen LogP contribution in [0.2, 0.25) is 0 Å². The van der Waals surface area contributed by atoms with Gasteiger partial charge in [-0.15, -0.1) is 0 Å². The van der Waals surface area contributed by atoms with Gasteiger partial charge >= 0.3 is 0 Å². The van der Waals surface area contributed by atoms with E-state index in [0.717, 1.165) is 19.7 Å². The number of likely N-dealkylation sites (N-methyl/N-ethyl adjacent to an activating group) is 1. The van der Waals surface area contributed by atoms with Crippen LogP contribution in [0.1, 0.15) is 27.7 Å². The van der Waals surface area contributed by atoms with Crippen molar-refractivity contribution in [2.45, 2.75) is 33.8 Å². The van der Waals surface area contributed by atoms with Crippen LogP contribution in [0, 0.1) is 5.41 Å². The van der Waals surface area contributed by atoms with Gasteiger partial charge in [0.1, 0.15) is 0 Å². The monoisotopic (exact) mass is 202 g/mol. The molecule has 0 aliphatic heterocycles. The molecule has 0 aromatic carbocycles. The van der Waals surface area contributed by atoms with E-state index in [1.165, 1.54) is 0 Å². The highest BCUT2D eigenvalue weighted by Gasteiger charge is 2.16. The normalized spacial score (nSPS) is 14.8. The van der Waals surface area contributed by atoms with Gasteiger partial charge in [0, 0.05) is 26.2 Å². The average Bonchev–Trinajstić information content (AvgIpc) is 2.00. The third-order valence-electron chi connectivity index (χ3n) is 1.92. The number of hydrogen-bond donors (Lipinski definition) is 1. The molecule has 2 N–H and O–H groups in total. The minimum Gasteiger partial charge on any atom is -0.376 e. The molecule has 0 heterocycles. The standard InChI is InChI=1S/C11H26N2O/c1-6-14-10(7-12)8-13(5)9-11(2,3)4/h10H,6-9,12H2,1-5H3. The van der Waals surface area contributed by atoms with Crippen LogP contribution in [-0.2, 0) is 4.74 Å². The maximum atomic E-state index is 5.62. The molecular weight excluding hydrogens is 176 g/mol. The molecule has 0 rings (SSSR count). The second-order valence-electron chi connectivity index (χ2n) is 5.07. The van der Waals surface area contributed by atoms with E-state index in [-0.39, 0.29) is 6.10 Å². The summed E-state index contributed by atoms with van der Waals surface area (Å²) in [6.45, 7) is 12.0. The minimum absolute atomic E-state index is 0.173. The molecule has 3 nitrogen and oxygen atoms in total. The Labute approximate surface area is 88.6 Å². The summed E-state index contributed by atoms with van der Waals surface area (Å²) in [7, 11) is 2.12. The fourth-order valence-electron chi connectivity index (χ4n) is 1.65. The molecule has 0 fully saturated rings. The summed E-state index contributed by atoms with van der Waals surface area (Å²) in [5.74, 6) is 0. The van der Waals surface area contributed by atoms with E-state index in [9.17, 15) is 0 Å². The molecule has 0 aliphatic carbocycles. The second kappa shape index (κ2) is 6.38. The predicted molar refractivity (Wildman–Crippen MR) is 61.4 cm³/mol. The Morgan fingerprint density at radius 3 is 2.29 bits per heavy atom. The van der Waals surface area contributed by atoms with Crippen molar-refractivity contribution in [1.29, 1.82) is 0 Å². The summed E-state index contributed by atoms with van der Waals surface area (Å²) in [6, 6.07) is 0. The van der Waals surface area contributed by atoms with Crippen LogP contribution < -0.4 is 5.73 Å². The van der Waals surface area contributed by atoms with Gasteiger partial charge in [-0.3, -0.25) is 0 Å². The van der Waals surface area contributed by atoms with Crippen LogP contribution in [0.25, 0.3) is 0 Å². The van der Waals surface area contributed by atoms with Crippen molar-refractivity contribution in [2.24, 2.45) is 11.1 Å². The van der Waals surface area contributed by atoms with E-state index in [1.54, 1.807) is 0 Å². The molecule has 1 atom stereocenters. The highest BCUT2D eigenvalue weighted by molar-refractivity contribution is 4.70. The first kappa shape index (κ1) is 13.9. The molecule has 0 aromatic rings. The van der Waals surface area contributed by atoms with Crippen molar-refractivity contribution in [3.05, 3.63) is 0 Å². The van der Waals surface area contributed by atoms with Gasteiger partial charge in [-0.2, -0.15) is 0 Å². The summed E-state index contributed by atoms with van der Waals surface area (Å²) in [6.07, 6.45) is 0.173. The predicted octanol–water partition coefficient (Wildman–Crippen LogP) is 1.33. The van der Waals surface area contributed by atoms with Gasteiger partial charge in [0.15, 0.2) is 0 Å². The summed E-state index contributed by atoms with van der Waals surface area (Å²) in [4.78, 5) is 2.28. The van der Waals surface area contributed by atoms with Crippen LogP contribution in [0.15, 0.2) is 0 Å². The van der Waals surface area contributed by atoms with Gasteiger partial charge in [0.05, 0.1) is 6.10 Å². The third kappa shape index (κ3) is 7.30. The summed E-state index contributed by atoms with van der Waals surface area (Å²) < 4.78 is 5.51. The van der Waals surface area contributed by atoms with Crippen molar-refractivity contribution < 1.29 is 4.74 Å². The van der Waals surface area contributed by atoms with Crippen LogP contribution in [0.3, 0.4) is 0 Å². The van der Waals surface area contributed by atoms with E-state index in [0.29, 0.717) is 12.0 Å². The third-order valence-corrected chi connectivity index (χ3v) is 1.92. The number of rotatable bonds is 6. The molecule has 3 heteroatoms. The maximum absolute atomic E-state index is 5.62. The van der Waals surface area contributed by atoms with Crippen molar-refractivity contribution in [3.63, 3.8) is 0 Å². The molecule has 86 valence electrons. The molecule has 0 spiro atoms. The lowest BCUT2D eigenvalue weighted by atomic mass is 9.96. The lowest BCUT2D eigenvalue weighted by molar-refractivity contribution is 0.0387. The molecule has 0 saturated carbocycles. The Kier molecular flexibility index (Phi) is 6.33. The molecule has 0 aliphatic rings. The fraction of sp³-hybridized carbons (Fsp3) is 1.00. The number of nitrogens with two attached hydrogens (primary N) is 1. The van der Waals surface area contributed by atoms with E-state index >= 15 is 0 Å². The van der Waals surface area contributed by atoms with E-state index < -0.39 is 0 Å². The van der Waals surface area contributed by atoms with Crippen molar-refractivity contribution in [2.75, 3.05) is 33.3 Å². The first-order chi connectivity index (χ1) is 6.39. The zero-order chi connectivity index (χ0) is 11.2. The minimum atomic E-state index is 0.173. The number of hydrogen-bond acceptors (Lipinski definition) is 3. The van der Waals surface area contributed by atoms with Gasteiger partial charge in [0.2, 0.25) is 0 Å². The highest BCUT2D eigenvalue weighted by Crippen LogP contribution is 2.14. The lowest BCUT2D eigenvalue weighted by Crippen LogP contribution is -2.39. The quantitative estimate of drug-likeness (QED) is 0.706. The van der Waals surface area contributed by atoms with Crippen LogP contribution in [-0.4, -0.2) is 44.3 Å². The zero-order valence-electron chi connectivity index (χ0n) is 10.3. The Morgan fingerprint density at radius 2 is 1.93 bits per heavy atom. The van der Waals surface area contributed by atoms with Crippen LogP contribution in [0.4, 0.5) is 0 Å². The van der Waals surface area contributed by atoms with Gasteiger partial charge < -0.3 is 15.4 Å². The fourth-order valence-corrected chi connectivity index (χ4v) is 1.65. The average molecular weight is 202 g/mol. The number of ether oxygens (including phenoxy) is 1. The smallest absolute Gasteiger partial charge is 0.0823 e. The van der Waals surface area contributed by atoms with Crippen LogP contribution >= 0.6 is 0 Å². The van der Waals surface area contributed by atoms with Crippen molar-refractivity contribution in [1.82, 2.24) is 4.90 Å². The van der Waals surface area contributed by atoms with Gasteiger partial charge in [-0.25, -0.2) is 0 Å². The summed E-state index contributed by atoms with van der Waals surface area (Å²) in [5.41, 5.74) is 5.95. The maximum Gasteiger partial charge on any atom is 0.0823 e. The van der Waals surface area contributed by atoms with Gasteiger partial charge in [-0.05, 0) is 19.4 Å². The van der Waals surface area contributed by atoms with Crippen molar-refractivity contribution >= 4 is 0 Å². The highest BCUT2D eigenvalue weighted by atomic mass is 16.5. The second-order valence-corrected chi connectivity index (χ2v) is 5.07.